The third kappa shape index (κ3) is 0.852. The summed E-state index contributed by atoms with van der Waals surface area (Å²) in [6, 6.07) is 0.718. The van der Waals surface area contributed by atoms with Gasteiger partial charge in [-0.05, 0) is 0 Å². The molecule has 0 aromatic carbocycles. The fourth-order valence-electron chi connectivity index (χ4n) is 1.76. The van der Waals surface area contributed by atoms with Crippen LogP contribution in [0.25, 0.3) is 0 Å². The van der Waals surface area contributed by atoms with Gasteiger partial charge in [0.1, 0.15) is 0 Å². The van der Waals surface area contributed by atoms with Gasteiger partial charge in [0.2, 0.25) is 0 Å². The first-order valence-corrected chi connectivity index (χ1v) is 3.54. The molecule has 2 heterocycles. The van der Waals surface area contributed by atoms with Gasteiger partial charge in [-0.15, -0.1) is 0 Å². The van der Waals surface area contributed by atoms with E-state index in [4.69, 9.17) is 0 Å². The largest absolute Gasteiger partial charge is 0.315 e. The van der Waals surface area contributed by atoms with Gasteiger partial charge in [-0.25, -0.2) is 5.01 Å². The first kappa shape index (κ1) is 5.65. The van der Waals surface area contributed by atoms with Crippen molar-refractivity contribution in [3.63, 3.8) is 0 Å². The Bertz CT molecular complexity index is 103. The van der Waals surface area contributed by atoms with Gasteiger partial charge in [-0.2, -0.15) is 0 Å². The van der Waals surface area contributed by atoms with E-state index in [1.807, 2.05) is 0 Å². The lowest BCUT2D eigenvalue weighted by molar-refractivity contribution is 0.285. The van der Waals surface area contributed by atoms with Gasteiger partial charge >= 0.3 is 0 Å². The third-order valence-corrected chi connectivity index (χ3v) is 2.23. The maximum atomic E-state index is 3.39. The lowest BCUT2D eigenvalue weighted by Crippen LogP contribution is -2.35. The van der Waals surface area contributed by atoms with Crippen molar-refractivity contribution in [1.29, 1.82) is 0 Å². The summed E-state index contributed by atoms with van der Waals surface area (Å²) >= 11 is 0. The molecule has 0 amide bonds. The van der Waals surface area contributed by atoms with E-state index in [1.54, 1.807) is 0 Å². The van der Waals surface area contributed by atoms with Crippen molar-refractivity contribution in [3.05, 3.63) is 0 Å². The fraction of sp³-hybridized carbons (Fsp3) is 1.00. The second-order valence-electron chi connectivity index (χ2n) is 3.03. The van der Waals surface area contributed by atoms with E-state index in [9.17, 15) is 0 Å². The van der Waals surface area contributed by atoms with Crippen LogP contribution < -0.4 is 10.7 Å². The predicted molar refractivity (Wildman–Crippen MR) is 35.9 cm³/mol. The van der Waals surface area contributed by atoms with Crippen LogP contribution >= 0.6 is 0 Å². The molecule has 0 radical (unpaired) electrons. The average molecular weight is 127 g/mol. The number of hydrogen-bond acceptors (Lipinski definition) is 3. The molecule has 2 fully saturated rings. The Hall–Kier alpha value is -0.120. The van der Waals surface area contributed by atoms with Crippen LogP contribution in [-0.4, -0.2) is 37.7 Å². The Kier molecular flexibility index (Phi) is 1.22. The first-order valence-electron chi connectivity index (χ1n) is 3.54. The second-order valence-corrected chi connectivity index (χ2v) is 3.03. The summed E-state index contributed by atoms with van der Waals surface area (Å²) in [7, 11) is 2.11. The molecule has 0 aliphatic carbocycles. The minimum absolute atomic E-state index is 0.718. The van der Waals surface area contributed by atoms with Gasteiger partial charge < -0.3 is 5.32 Å². The Labute approximate surface area is 55.4 Å². The number of nitrogens with zero attached hydrogens (tertiary/aromatic N) is 1. The average Bonchev–Trinajstić information content (AvgIpc) is 2.22. The number of hydrazine groups is 1. The lowest BCUT2D eigenvalue weighted by Gasteiger charge is -2.09. The van der Waals surface area contributed by atoms with Crippen molar-refractivity contribution in [1.82, 2.24) is 15.8 Å². The molecule has 3 heteroatoms. The summed E-state index contributed by atoms with van der Waals surface area (Å²) < 4.78 is 0. The lowest BCUT2D eigenvalue weighted by atomic mass is 10.1. The SMILES string of the molecule is CN1CC2CNCC2N1. The molecule has 52 valence electrons. The molecule has 2 aliphatic rings. The van der Waals surface area contributed by atoms with Crippen molar-refractivity contribution in [2.45, 2.75) is 6.04 Å². The van der Waals surface area contributed by atoms with E-state index < -0.39 is 0 Å². The van der Waals surface area contributed by atoms with Crippen molar-refractivity contribution in [2.24, 2.45) is 5.92 Å². The van der Waals surface area contributed by atoms with Crippen molar-refractivity contribution in [2.75, 3.05) is 26.7 Å². The summed E-state index contributed by atoms with van der Waals surface area (Å²) in [4.78, 5) is 0. The van der Waals surface area contributed by atoms with Crippen LogP contribution in [-0.2, 0) is 0 Å². The summed E-state index contributed by atoms with van der Waals surface area (Å²) in [5.74, 6) is 0.856. The van der Waals surface area contributed by atoms with E-state index in [-0.39, 0.29) is 0 Å². The van der Waals surface area contributed by atoms with Gasteiger partial charge in [0.25, 0.3) is 0 Å². The normalized spacial score (nSPS) is 43.7. The zero-order valence-electron chi connectivity index (χ0n) is 5.72. The van der Waals surface area contributed by atoms with E-state index in [0.717, 1.165) is 18.5 Å². The molecule has 0 aromatic heterocycles. The van der Waals surface area contributed by atoms with Crippen molar-refractivity contribution < 1.29 is 0 Å². The zero-order valence-corrected chi connectivity index (χ0v) is 5.72. The molecule has 2 unspecified atom stereocenters. The van der Waals surface area contributed by atoms with Crippen LogP contribution in [0.2, 0.25) is 0 Å². The minimum atomic E-state index is 0.718. The molecule has 3 nitrogen and oxygen atoms in total. The van der Waals surface area contributed by atoms with Crippen LogP contribution in [0, 0.1) is 5.92 Å². The summed E-state index contributed by atoms with van der Waals surface area (Å²) in [6.07, 6.45) is 0. The van der Waals surface area contributed by atoms with Gasteiger partial charge in [-0.1, -0.05) is 0 Å². The number of nitrogens with one attached hydrogen (secondary N) is 2. The summed E-state index contributed by atoms with van der Waals surface area (Å²) in [5, 5.41) is 5.55. The maximum absolute atomic E-state index is 3.39. The van der Waals surface area contributed by atoms with Crippen LogP contribution in [0.3, 0.4) is 0 Å². The van der Waals surface area contributed by atoms with E-state index in [2.05, 4.69) is 22.8 Å². The number of rotatable bonds is 0. The molecule has 2 rings (SSSR count). The highest BCUT2D eigenvalue weighted by Gasteiger charge is 2.33. The standard InChI is InChI=1S/C6H13N3/c1-9-4-5-2-7-3-6(5)8-9/h5-8H,2-4H2,1H3. The van der Waals surface area contributed by atoms with Crippen molar-refractivity contribution in [3.8, 4) is 0 Å². The second kappa shape index (κ2) is 1.94. The Balaban J connectivity index is 2.02. The quantitative estimate of drug-likeness (QED) is 0.438. The van der Waals surface area contributed by atoms with Gasteiger partial charge in [-0.3, -0.25) is 5.43 Å². The highest BCUT2D eigenvalue weighted by Crippen LogP contribution is 2.15. The predicted octanol–water partition coefficient (Wildman–Crippen LogP) is -0.976. The molecule has 2 N–H and O–H groups in total. The van der Waals surface area contributed by atoms with Crippen LogP contribution in [0.1, 0.15) is 0 Å². The van der Waals surface area contributed by atoms with Crippen LogP contribution in [0.4, 0.5) is 0 Å². The van der Waals surface area contributed by atoms with Gasteiger partial charge in [0, 0.05) is 38.6 Å². The first-order chi connectivity index (χ1) is 4.36. The fourth-order valence-corrected chi connectivity index (χ4v) is 1.76. The Morgan fingerprint density at radius 1 is 1.44 bits per heavy atom. The summed E-state index contributed by atoms with van der Waals surface area (Å²) in [6.45, 7) is 3.55. The van der Waals surface area contributed by atoms with Crippen molar-refractivity contribution >= 4 is 0 Å². The Morgan fingerprint density at radius 2 is 2.33 bits per heavy atom. The smallest absolute Gasteiger partial charge is 0.0393 e. The van der Waals surface area contributed by atoms with E-state index >= 15 is 0 Å². The highest BCUT2D eigenvalue weighted by atomic mass is 15.5. The number of hydrogen-bond donors (Lipinski definition) is 2. The highest BCUT2D eigenvalue weighted by molar-refractivity contribution is 4.91. The Morgan fingerprint density at radius 3 is 3.11 bits per heavy atom. The van der Waals surface area contributed by atoms with Crippen LogP contribution in [0.5, 0.6) is 0 Å². The third-order valence-electron chi connectivity index (χ3n) is 2.23. The molecular formula is C6H13N3. The van der Waals surface area contributed by atoms with E-state index in [1.165, 1.54) is 13.1 Å². The monoisotopic (exact) mass is 127 g/mol. The van der Waals surface area contributed by atoms with E-state index in [0.29, 0.717) is 0 Å². The molecule has 0 spiro atoms. The number of fused-ring (bicyclic) bond motifs is 1. The summed E-state index contributed by atoms with van der Waals surface area (Å²) in [5.41, 5.74) is 3.39. The topological polar surface area (TPSA) is 27.3 Å². The molecule has 9 heavy (non-hydrogen) atoms. The zero-order chi connectivity index (χ0) is 6.27. The van der Waals surface area contributed by atoms with Crippen LogP contribution in [0.15, 0.2) is 0 Å². The molecule has 0 saturated carbocycles. The molecule has 2 atom stereocenters. The molecule has 2 aliphatic heterocycles. The minimum Gasteiger partial charge on any atom is -0.315 e. The molecule has 2 saturated heterocycles. The molecular weight excluding hydrogens is 114 g/mol. The molecule has 0 bridgehead atoms. The maximum Gasteiger partial charge on any atom is 0.0393 e. The van der Waals surface area contributed by atoms with Gasteiger partial charge in [0.05, 0.1) is 0 Å². The van der Waals surface area contributed by atoms with Gasteiger partial charge in [0.15, 0.2) is 0 Å². The molecule has 0 aromatic rings.